The van der Waals surface area contributed by atoms with Gasteiger partial charge in [0.2, 0.25) is 5.91 Å². The summed E-state index contributed by atoms with van der Waals surface area (Å²) < 4.78 is 10.0. The fraction of sp³-hybridized carbons (Fsp3) is 0.238. The third kappa shape index (κ3) is 5.21. The van der Waals surface area contributed by atoms with E-state index in [0.29, 0.717) is 12.3 Å². The lowest BCUT2D eigenvalue weighted by Gasteiger charge is -2.21. The Bertz CT molecular complexity index is 798. The lowest BCUT2D eigenvalue weighted by molar-refractivity contribution is -0.145. The van der Waals surface area contributed by atoms with Crippen LogP contribution in [0.2, 0.25) is 0 Å². The summed E-state index contributed by atoms with van der Waals surface area (Å²) in [4.78, 5) is 25.8. The fourth-order valence-electron chi connectivity index (χ4n) is 2.50. The summed E-state index contributed by atoms with van der Waals surface area (Å²) in [6.07, 6.45) is 3.13. The molecule has 0 unspecified atom stereocenters. The van der Waals surface area contributed by atoms with Crippen LogP contribution in [0.3, 0.4) is 0 Å². The maximum absolute atomic E-state index is 12.7. The molecule has 0 N–H and O–H groups in total. The zero-order chi connectivity index (χ0) is 18.9. The molecule has 0 radical (unpaired) electrons. The highest BCUT2D eigenvalue weighted by Gasteiger charge is 2.17. The van der Waals surface area contributed by atoms with Crippen LogP contribution in [0.25, 0.3) is 6.08 Å². The van der Waals surface area contributed by atoms with Crippen molar-refractivity contribution in [1.29, 1.82) is 0 Å². The minimum Gasteiger partial charge on any atom is -0.496 e. The van der Waals surface area contributed by atoms with E-state index in [9.17, 15) is 9.59 Å². The molecule has 0 spiro atoms. The van der Waals surface area contributed by atoms with Crippen LogP contribution in [-0.4, -0.2) is 37.5 Å². The van der Waals surface area contributed by atoms with Gasteiger partial charge in [-0.05, 0) is 30.2 Å². The SMILES string of the molecule is COC(=O)CN(Cc1ccccc1C)C(=O)/C=C/c1ccccc1OC. The van der Waals surface area contributed by atoms with Crippen molar-refractivity contribution < 1.29 is 19.1 Å². The van der Waals surface area contributed by atoms with Crippen LogP contribution in [0.1, 0.15) is 16.7 Å². The molecule has 0 aromatic heterocycles. The Hall–Kier alpha value is -3.08. The number of para-hydroxylation sites is 1. The summed E-state index contributed by atoms with van der Waals surface area (Å²) in [5.41, 5.74) is 2.83. The van der Waals surface area contributed by atoms with Gasteiger partial charge in [0.25, 0.3) is 0 Å². The van der Waals surface area contributed by atoms with Crippen molar-refractivity contribution in [1.82, 2.24) is 4.90 Å². The minimum atomic E-state index is -0.461. The standard InChI is InChI=1S/C21H23NO4/c1-16-8-4-5-10-18(16)14-22(15-21(24)26-3)20(23)13-12-17-9-6-7-11-19(17)25-2/h4-13H,14-15H2,1-3H3/b13-12+. The molecule has 0 aliphatic heterocycles. The zero-order valence-corrected chi connectivity index (χ0v) is 15.3. The molecule has 26 heavy (non-hydrogen) atoms. The van der Waals surface area contributed by atoms with E-state index in [1.807, 2.05) is 55.5 Å². The number of hydrogen-bond donors (Lipinski definition) is 0. The van der Waals surface area contributed by atoms with Gasteiger partial charge in [-0.2, -0.15) is 0 Å². The first-order chi connectivity index (χ1) is 12.5. The van der Waals surface area contributed by atoms with Gasteiger partial charge in [-0.3, -0.25) is 9.59 Å². The number of rotatable bonds is 7. The second kappa shape index (κ2) is 9.42. The number of esters is 1. The number of nitrogens with zero attached hydrogens (tertiary/aromatic N) is 1. The molecule has 0 aliphatic rings. The zero-order valence-electron chi connectivity index (χ0n) is 15.3. The predicted octanol–water partition coefficient (Wildman–Crippen LogP) is 3.22. The van der Waals surface area contributed by atoms with Crippen LogP contribution >= 0.6 is 0 Å². The van der Waals surface area contributed by atoms with Gasteiger partial charge in [-0.25, -0.2) is 0 Å². The highest BCUT2D eigenvalue weighted by Crippen LogP contribution is 2.19. The van der Waals surface area contributed by atoms with Crippen molar-refractivity contribution in [2.45, 2.75) is 13.5 Å². The number of amides is 1. The third-order valence-corrected chi connectivity index (χ3v) is 4.03. The Morgan fingerprint density at radius 3 is 2.42 bits per heavy atom. The van der Waals surface area contributed by atoms with E-state index in [1.165, 1.54) is 18.1 Å². The van der Waals surface area contributed by atoms with Crippen molar-refractivity contribution in [2.24, 2.45) is 0 Å². The quantitative estimate of drug-likeness (QED) is 0.566. The van der Waals surface area contributed by atoms with Crippen molar-refractivity contribution in [2.75, 3.05) is 20.8 Å². The van der Waals surface area contributed by atoms with E-state index >= 15 is 0 Å². The molecule has 0 atom stereocenters. The molecule has 136 valence electrons. The van der Waals surface area contributed by atoms with Crippen LogP contribution in [-0.2, 0) is 20.9 Å². The summed E-state index contributed by atoms with van der Waals surface area (Å²) in [5.74, 6) is -0.0582. The Balaban J connectivity index is 2.21. The van der Waals surface area contributed by atoms with E-state index in [4.69, 9.17) is 9.47 Å². The van der Waals surface area contributed by atoms with Gasteiger partial charge in [-0.15, -0.1) is 0 Å². The normalized spacial score (nSPS) is 10.6. The fourth-order valence-corrected chi connectivity index (χ4v) is 2.50. The van der Waals surface area contributed by atoms with E-state index in [-0.39, 0.29) is 12.5 Å². The number of ether oxygens (including phenoxy) is 2. The number of aryl methyl sites for hydroxylation is 1. The molecule has 0 fully saturated rings. The summed E-state index contributed by atoms with van der Waals surface area (Å²) in [7, 11) is 2.89. The number of carbonyl (C=O) groups excluding carboxylic acids is 2. The maximum Gasteiger partial charge on any atom is 0.325 e. The van der Waals surface area contributed by atoms with Crippen LogP contribution in [0, 0.1) is 6.92 Å². The molecule has 0 bridgehead atoms. The molecule has 5 nitrogen and oxygen atoms in total. The first-order valence-electron chi connectivity index (χ1n) is 8.26. The maximum atomic E-state index is 12.7. The van der Waals surface area contributed by atoms with Gasteiger partial charge in [0.15, 0.2) is 0 Å². The van der Waals surface area contributed by atoms with Crippen molar-refractivity contribution in [3.8, 4) is 5.75 Å². The van der Waals surface area contributed by atoms with E-state index in [0.717, 1.165) is 16.7 Å². The van der Waals surface area contributed by atoms with Crippen molar-refractivity contribution >= 4 is 18.0 Å². The molecular weight excluding hydrogens is 330 g/mol. The Morgan fingerprint density at radius 1 is 1.04 bits per heavy atom. The second-order valence-electron chi connectivity index (χ2n) is 5.77. The molecule has 0 aliphatic carbocycles. The smallest absolute Gasteiger partial charge is 0.325 e. The molecule has 2 aromatic rings. The van der Waals surface area contributed by atoms with Gasteiger partial charge in [0.05, 0.1) is 14.2 Å². The van der Waals surface area contributed by atoms with E-state index in [2.05, 4.69) is 0 Å². The molecule has 5 heteroatoms. The lowest BCUT2D eigenvalue weighted by atomic mass is 10.1. The minimum absolute atomic E-state index is 0.111. The number of hydrogen-bond acceptors (Lipinski definition) is 4. The number of carbonyl (C=O) groups is 2. The van der Waals surface area contributed by atoms with Gasteiger partial charge in [0, 0.05) is 18.2 Å². The second-order valence-corrected chi connectivity index (χ2v) is 5.77. The first kappa shape index (κ1) is 19.2. The van der Waals surface area contributed by atoms with Gasteiger partial charge in [-0.1, -0.05) is 42.5 Å². The van der Waals surface area contributed by atoms with Crippen LogP contribution < -0.4 is 4.74 Å². The average molecular weight is 353 g/mol. The molecule has 1 amide bonds. The van der Waals surface area contributed by atoms with E-state index < -0.39 is 5.97 Å². The first-order valence-corrected chi connectivity index (χ1v) is 8.26. The van der Waals surface area contributed by atoms with Crippen molar-refractivity contribution in [3.05, 3.63) is 71.3 Å². The summed E-state index contributed by atoms with van der Waals surface area (Å²) >= 11 is 0. The summed E-state index contributed by atoms with van der Waals surface area (Å²) in [5, 5.41) is 0. The number of benzene rings is 2. The monoisotopic (exact) mass is 353 g/mol. The summed E-state index contributed by atoms with van der Waals surface area (Å²) in [6, 6.07) is 15.2. The van der Waals surface area contributed by atoms with Gasteiger partial charge < -0.3 is 14.4 Å². The molecule has 2 aromatic carbocycles. The largest absolute Gasteiger partial charge is 0.496 e. The van der Waals surface area contributed by atoms with E-state index in [1.54, 1.807) is 13.2 Å². The van der Waals surface area contributed by atoms with Crippen LogP contribution in [0.5, 0.6) is 5.75 Å². The van der Waals surface area contributed by atoms with Gasteiger partial charge >= 0.3 is 5.97 Å². The Morgan fingerprint density at radius 2 is 1.73 bits per heavy atom. The van der Waals surface area contributed by atoms with Crippen LogP contribution in [0.4, 0.5) is 0 Å². The molecule has 2 rings (SSSR count). The topological polar surface area (TPSA) is 55.8 Å². The number of methoxy groups -OCH3 is 2. The average Bonchev–Trinajstić information content (AvgIpc) is 2.67. The van der Waals surface area contributed by atoms with Crippen molar-refractivity contribution in [3.63, 3.8) is 0 Å². The predicted molar refractivity (Wildman–Crippen MR) is 101 cm³/mol. The molecule has 0 saturated carbocycles. The molecule has 0 saturated heterocycles. The summed E-state index contributed by atoms with van der Waals surface area (Å²) in [6.45, 7) is 2.19. The Labute approximate surface area is 153 Å². The lowest BCUT2D eigenvalue weighted by Crippen LogP contribution is -2.34. The molecule has 0 heterocycles. The van der Waals surface area contributed by atoms with Gasteiger partial charge in [0.1, 0.15) is 12.3 Å². The van der Waals surface area contributed by atoms with Crippen LogP contribution in [0.15, 0.2) is 54.6 Å². The highest BCUT2D eigenvalue weighted by molar-refractivity contribution is 5.94. The third-order valence-electron chi connectivity index (χ3n) is 4.03. The molecular formula is C21H23NO4. The Kier molecular flexibility index (Phi) is 6.97. The highest BCUT2D eigenvalue weighted by atomic mass is 16.5.